The molecule has 9 N–H and O–H groups in total. The molecule has 0 saturated carbocycles. The Morgan fingerprint density at radius 2 is 1.81 bits per heavy atom. The number of halogens is 3. The van der Waals surface area contributed by atoms with E-state index >= 15 is 0 Å². The van der Waals surface area contributed by atoms with Crippen LogP contribution in [-0.4, -0.2) is 44.4 Å². The van der Waals surface area contributed by atoms with E-state index in [4.69, 9.17) is 16.9 Å². The molecule has 3 rings (SSSR count). The van der Waals surface area contributed by atoms with Gasteiger partial charge in [-0.15, -0.1) is 24.8 Å². The zero-order valence-corrected chi connectivity index (χ0v) is 25.8. The minimum absolute atomic E-state index is 0. The topological polar surface area (TPSA) is 201 Å². The molecule has 0 radical (unpaired) electrons. The number of phenols is 1. The summed E-state index contributed by atoms with van der Waals surface area (Å²) >= 11 is 0. The minimum Gasteiger partial charge on any atom is -0.507 e. The number of aromatic hydroxyl groups is 1. The van der Waals surface area contributed by atoms with Gasteiger partial charge in [0.25, 0.3) is 11.5 Å². The van der Waals surface area contributed by atoms with Gasteiger partial charge in [-0.25, -0.2) is 9.37 Å². The van der Waals surface area contributed by atoms with Crippen LogP contribution >= 0.6 is 24.8 Å². The van der Waals surface area contributed by atoms with E-state index < -0.39 is 41.0 Å². The third-order valence-corrected chi connectivity index (χ3v) is 6.17. The van der Waals surface area contributed by atoms with E-state index in [1.165, 1.54) is 22.9 Å². The van der Waals surface area contributed by atoms with Crippen molar-refractivity contribution < 1.29 is 19.1 Å². The van der Waals surface area contributed by atoms with Crippen LogP contribution in [0.15, 0.2) is 41.3 Å². The fourth-order valence-electron chi connectivity index (χ4n) is 4.00. The van der Waals surface area contributed by atoms with Gasteiger partial charge in [-0.3, -0.25) is 24.4 Å². The maximum absolute atomic E-state index is 14.3. The summed E-state index contributed by atoms with van der Waals surface area (Å²) in [7, 11) is 0. The van der Waals surface area contributed by atoms with Gasteiger partial charge < -0.3 is 32.5 Å². The summed E-state index contributed by atoms with van der Waals surface area (Å²) in [6.45, 7) is 6.87. The molecule has 234 valence electrons. The number of carbonyl (C=O) groups excluding carboxylic acids is 2. The van der Waals surface area contributed by atoms with Crippen molar-refractivity contribution in [2.24, 2.45) is 5.73 Å². The van der Waals surface area contributed by atoms with Crippen LogP contribution < -0.4 is 33.0 Å². The van der Waals surface area contributed by atoms with E-state index in [-0.39, 0.29) is 77.7 Å². The van der Waals surface area contributed by atoms with E-state index in [0.29, 0.717) is 5.56 Å². The Kier molecular flexibility index (Phi) is 13.4. The van der Waals surface area contributed by atoms with Crippen molar-refractivity contribution >= 4 is 54.0 Å². The van der Waals surface area contributed by atoms with E-state index in [2.05, 4.69) is 20.9 Å². The lowest BCUT2D eigenvalue weighted by Crippen LogP contribution is -2.35. The second kappa shape index (κ2) is 15.8. The summed E-state index contributed by atoms with van der Waals surface area (Å²) in [6, 6.07) is 6.71. The van der Waals surface area contributed by atoms with Crippen molar-refractivity contribution in [2.45, 2.75) is 59.3 Å². The van der Waals surface area contributed by atoms with Gasteiger partial charge in [0.2, 0.25) is 5.91 Å². The van der Waals surface area contributed by atoms with E-state index in [1.54, 1.807) is 12.1 Å². The van der Waals surface area contributed by atoms with E-state index in [9.17, 15) is 23.9 Å². The highest BCUT2D eigenvalue weighted by molar-refractivity contribution is 5.98. The predicted molar refractivity (Wildman–Crippen MR) is 170 cm³/mol. The molecule has 2 amide bonds. The number of hydrogen-bond acceptors (Lipinski definition) is 8. The molecular weight excluding hydrogens is 602 g/mol. The number of carbonyl (C=O) groups is 2. The number of benzene rings is 2. The van der Waals surface area contributed by atoms with Gasteiger partial charge in [0.15, 0.2) is 5.82 Å². The molecule has 0 aliphatic carbocycles. The van der Waals surface area contributed by atoms with Crippen molar-refractivity contribution in [3.8, 4) is 17.0 Å². The summed E-state index contributed by atoms with van der Waals surface area (Å²) in [4.78, 5) is 43.4. The molecule has 0 aliphatic heterocycles. The van der Waals surface area contributed by atoms with Crippen LogP contribution in [-0.2, 0) is 17.9 Å². The van der Waals surface area contributed by atoms with E-state index in [1.807, 2.05) is 27.7 Å². The van der Waals surface area contributed by atoms with Gasteiger partial charge >= 0.3 is 0 Å². The molecule has 2 aromatic carbocycles. The molecule has 0 fully saturated rings. The molecule has 0 unspecified atom stereocenters. The number of rotatable bonds is 11. The number of nitrogens with two attached hydrogens (primary N) is 2. The largest absolute Gasteiger partial charge is 0.507 e. The Labute approximate surface area is 260 Å². The molecule has 1 aromatic heterocycles. The highest BCUT2D eigenvalue weighted by atomic mass is 35.5. The normalized spacial score (nSPS) is 11.1. The molecule has 0 spiro atoms. The van der Waals surface area contributed by atoms with Gasteiger partial charge in [0.1, 0.15) is 23.9 Å². The third-order valence-electron chi connectivity index (χ3n) is 6.17. The quantitative estimate of drug-likeness (QED) is 0.0942. The molecule has 0 aliphatic rings. The summed E-state index contributed by atoms with van der Waals surface area (Å²) in [6.07, 6.45) is 2.15. The maximum atomic E-state index is 14.3. The van der Waals surface area contributed by atoms with Crippen molar-refractivity contribution in [3.63, 3.8) is 0 Å². The fourth-order valence-corrected chi connectivity index (χ4v) is 4.00. The van der Waals surface area contributed by atoms with Crippen LogP contribution in [0.2, 0.25) is 0 Å². The number of aromatic nitrogens is 2. The first-order chi connectivity index (χ1) is 19.3. The zero-order valence-electron chi connectivity index (χ0n) is 24.2. The average molecular weight is 640 g/mol. The van der Waals surface area contributed by atoms with Crippen molar-refractivity contribution in [3.05, 3.63) is 69.4 Å². The lowest BCUT2D eigenvalue weighted by molar-refractivity contribution is -0.121. The number of nitrogens with one attached hydrogen (secondary N) is 4. The number of amidine groups is 1. The second-order valence-corrected chi connectivity index (χ2v) is 9.97. The van der Waals surface area contributed by atoms with Crippen molar-refractivity contribution in [2.75, 3.05) is 11.1 Å². The number of phenolic OH excluding ortho intramolecular Hbond substituents is 1. The number of nitrogens with zero attached hydrogens (tertiary/aromatic N) is 2. The predicted octanol–water partition coefficient (Wildman–Crippen LogP) is 3.13. The first-order valence-corrected chi connectivity index (χ1v) is 13.0. The Hall–Kier alpha value is -4.36. The van der Waals surface area contributed by atoms with E-state index in [0.717, 1.165) is 12.5 Å². The monoisotopic (exact) mass is 638 g/mol. The Bertz CT molecular complexity index is 1520. The van der Waals surface area contributed by atoms with Gasteiger partial charge in [-0.05, 0) is 63.1 Å². The van der Waals surface area contributed by atoms with Gasteiger partial charge in [-0.1, -0.05) is 6.92 Å². The smallest absolute Gasteiger partial charge is 0.294 e. The van der Waals surface area contributed by atoms with Crippen LogP contribution in [0.5, 0.6) is 5.75 Å². The molecule has 1 heterocycles. The van der Waals surface area contributed by atoms with Crippen molar-refractivity contribution in [1.29, 1.82) is 5.41 Å². The van der Waals surface area contributed by atoms with Crippen LogP contribution in [0.1, 0.15) is 55.6 Å². The number of nitrogen functional groups attached to an aromatic ring is 2. The maximum Gasteiger partial charge on any atom is 0.294 e. The second-order valence-electron chi connectivity index (χ2n) is 9.97. The molecule has 15 heteroatoms. The van der Waals surface area contributed by atoms with Gasteiger partial charge in [0, 0.05) is 35.4 Å². The summed E-state index contributed by atoms with van der Waals surface area (Å²) in [5, 5.41) is 25.8. The highest BCUT2D eigenvalue weighted by Gasteiger charge is 2.19. The Morgan fingerprint density at radius 3 is 2.40 bits per heavy atom. The number of hydrogen-bond donors (Lipinski definition) is 7. The molecule has 3 aromatic rings. The third kappa shape index (κ3) is 9.32. The molecule has 0 saturated heterocycles. The fraction of sp³-hybridized carbons (Fsp3) is 0.321. The van der Waals surface area contributed by atoms with Crippen LogP contribution in [0.25, 0.3) is 11.3 Å². The number of amides is 2. The standard InChI is InChI=1S/C28H35FN8O4.2ClH/c1-5-15(4)36-27(40)18-8-17(9-19(30)10-18)21-12-34-26(35-14(2)3)28(41)37(21)13-23(39)33-11-16-6-20(29)24(25(31)32)22(38)7-16;;/h6-10,12,14-15,38H,5,11,13,30H2,1-4H3,(H3,31,32)(H,33,39)(H,34,35)(H,36,40);2*1H/t15-;;/m0../s1. The first kappa shape index (κ1) is 36.7. The molecule has 12 nitrogen and oxygen atoms in total. The van der Waals surface area contributed by atoms with Crippen LogP contribution in [0.4, 0.5) is 15.9 Å². The molecule has 0 bridgehead atoms. The Balaban J connectivity index is 0.00000462. The van der Waals surface area contributed by atoms with Gasteiger partial charge in [0.05, 0.1) is 17.5 Å². The first-order valence-electron chi connectivity index (χ1n) is 13.0. The zero-order chi connectivity index (χ0) is 30.4. The van der Waals surface area contributed by atoms with Crippen LogP contribution in [0.3, 0.4) is 0 Å². The summed E-state index contributed by atoms with van der Waals surface area (Å²) in [5.74, 6) is -2.97. The lowest BCUT2D eigenvalue weighted by Gasteiger charge is -2.17. The van der Waals surface area contributed by atoms with Crippen LogP contribution in [0, 0.1) is 11.2 Å². The number of anilines is 2. The van der Waals surface area contributed by atoms with Gasteiger partial charge in [-0.2, -0.15) is 0 Å². The SMILES string of the molecule is CC[C@H](C)NC(=O)c1cc(N)cc(-c2cnc(NC(C)C)c(=O)n2CC(=O)NCc2cc(O)c(C(=N)N)c(F)c2)c1.Cl.Cl. The summed E-state index contributed by atoms with van der Waals surface area (Å²) < 4.78 is 15.5. The molecular formula is C28H37Cl2FN8O4. The minimum atomic E-state index is -0.909. The van der Waals surface area contributed by atoms with Crippen molar-refractivity contribution in [1.82, 2.24) is 20.2 Å². The average Bonchev–Trinajstić information content (AvgIpc) is 2.88. The Morgan fingerprint density at radius 1 is 1.14 bits per heavy atom. The highest BCUT2D eigenvalue weighted by Crippen LogP contribution is 2.24. The molecule has 1 atom stereocenters. The summed E-state index contributed by atoms with van der Waals surface area (Å²) in [5.41, 5.74) is 11.8. The molecule has 43 heavy (non-hydrogen) atoms. The lowest BCUT2D eigenvalue weighted by atomic mass is 10.1.